The van der Waals surface area contributed by atoms with Crippen molar-refractivity contribution in [3.05, 3.63) is 11.8 Å². The van der Waals surface area contributed by atoms with Crippen LogP contribution < -0.4 is 5.32 Å². The molecule has 2 heterocycles. The zero-order valence-corrected chi connectivity index (χ0v) is 11.3. The number of aliphatic hydroxyl groups is 1. The lowest BCUT2D eigenvalue weighted by molar-refractivity contribution is -0.118. The average molecular weight is 267 g/mol. The first-order chi connectivity index (χ1) is 9.19. The minimum absolute atomic E-state index is 0.0877. The minimum Gasteiger partial charge on any atom is -0.395 e. The first kappa shape index (κ1) is 14.0. The molecule has 0 aliphatic carbocycles. The third kappa shape index (κ3) is 4.04. The standard InChI is InChI=1S/C13H21N3O3/c1-10-7-13(19-15-10)14-12(18)8-16-6-4-2-3-5-11(16)9-17/h7,11,17H,2-6,8-9H2,1H3,(H,14,18). The van der Waals surface area contributed by atoms with Crippen molar-refractivity contribution in [2.75, 3.05) is 25.0 Å². The topological polar surface area (TPSA) is 78.6 Å². The van der Waals surface area contributed by atoms with E-state index < -0.39 is 0 Å². The highest BCUT2D eigenvalue weighted by Crippen LogP contribution is 2.16. The van der Waals surface area contributed by atoms with Gasteiger partial charge in [0.05, 0.1) is 18.8 Å². The summed E-state index contributed by atoms with van der Waals surface area (Å²) in [5.74, 6) is 0.245. The van der Waals surface area contributed by atoms with Crippen molar-refractivity contribution in [1.29, 1.82) is 0 Å². The number of amides is 1. The Balaban J connectivity index is 1.89. The predicted molar refractivity (Wildman–Crippen MR) is 70.8 cm³/mol. The summed E-state index contributed by atoms with van der Waals surface area (Å²) in [5.41, 5.74) is 0.735. The number of anilines is 1. The van der Waals surface area contributed by atoms with Gasteiger partial charge in [-0.1, -0.05) is 18.0 Å². The fraction of sp³-hybridized carbons (Fsp3) is 0.692. The summed E-state index contributed by atoms with van der Waals surface area (Å²) in [6.45, 7) is 3.05. The zero-order valence-electron chi connectivity index (χ0n) is 11.3. The molecular weight excluding hydrogens is 246 g/mol. The highest BCUT2D eigenvalue weighted by atomic mass is 16.5. The molecule has 1 fully saturated rings. The van der Waals surface area contributed by atoms with Crippen LogP contribution in [-0.4, -0.2) is 46.8 Å². The van der Waals surface area contributed by atoms with Crippen molar-refractivity contribution >= 4 is 11.8 Å². The largest absolute Gasteiger partial charge is 0.395 e. The van der Waals surface area contributed by atoms with E-state index in [9.17, 15) is 9.90 Å². The molecular formula is C13H21N3O3. The van der Waals surface area contributed by atoms with Crippen LogP contribution in [0.3, 0.4) is 0 Å². The Bertz CT molecular complexity index is 419. The number of nitrogens with zero attached hydrogens (tertiary/aromatic N) is 2. The van der Waals surface area contributed by atoms with Gasteiger partial charge in [-0.2, -0.15) is 0 Å². The number of aromatic nitrogens is 1. The molecule has 1 atom stereocenters. The predicted octanol–water partition coefficient (Wildman–Crippen LogP) is 1.16. The normalized spacial score (nSPS) is 21.1. The summed E-state index contributed by atoms with van der Waals surface area (Å²) in [5, 5.41) is 15.8. The molecule has 6 nitrogen and oxygen atoms in total. The summed E-state index contributed by atoms with van der Waals surface area (Å²) >= 11 is 0. The van der Waals surface area contributed by atoms with E-state index in [1.807, 2.05) is 4.90 Å². The van der Waals surface area contributed by atoms with Crippen molar-refractivity contribution < 1.29 is 14.4 Å². The van der Waals surface area contributed by atoms with Gasteiger partial charge in [-0.05, 0) is 26.3 Å². The van der Waals surface area contributed by atoms with Crippen LogP contribution in [-0.2, 0) is 4.79 Å². The van der Waals surface area contributed by atoms with Gasteiger partial charge in [0.25, 0.3) is 0 Å². The number of nitrogens with one attached hydrogen (secondary N) is 1. The number of hydrogen-bond donors (Lipinski definition) is 2. The number of aliphatic hydroxyl groups excluding tert-OH is 1. The molecule has 1 amide bonds. The average Bonchev–Trinajstić information content (AvgIpc) is 2.65. The van der Waals surface area contributed by atoms with Gasteiger partial charge in [0.15, 0.2) is 0 Å². The van der Waals surface area contributed by atoms with E-state index in [4.69, 9.17) is 4.52 Å². The summed E-state index contributed by atoms with van der Waals surface area (Å²) in [6.07, 6.45) is 4.30. The molecule has 0 radical (unpaired) electrons. The van der Waals surface area contributed by atoms with Crippen LogP contribution in [0.1, 0.15) is 31.4 Å². The Hall–Kier alpha value is -1.40. The minimum atomic E-state index is -0.128. The maximum atomic E-state index is 11.9. The third-order valence-electron chi connectivity index (χ3n) is 3.45. The fourth-order valence-corrected chi connectivity index (χ4v) is 2.44. The zero-order chi connectivity index (χ0) is 13.7. The van der Waals surface area contributed by atoms with Gasteiger partial charge in [-0.3, -0.25) is 15.0 Å². The van der Waals surface area contributed by atoms with Crippen molar-refractivity contribution in [1.82, 2.24) is 10.1 Å². The maximum absolute atomic E-state index is 11.9. The lowest BCUT2D eigenvalue weighted by atomic mass is 10.1. The molecule has 2 N–H and O–H groups in total. The van der Waals surface area contributed by atoms with E-state index in [0.717, 1.165) is 37.9 Å². The summed E-state index contributed by atoms with van der Waals surface area (Å²) in [6, 6.07) is 1.77. The second-order valence-corrected chi connectivity index (χ2v) is 5.04. The van der Waals surface area contributed by atoms with Crippen molar-refractivity contribution in [3.63, 3.8) is 0 Å². The van der Waals surface area contributed by atoms with Crippen molar-refractivity contribution in [2.45, 2.75) is 38.6 Å². The fourth-order valence-electron chi connectivity index (χ4n) is 2.44. The van der Waals surface area contributed by atoms with E-state index in [1.54, 1.807) is 13.0 Å². The van der Waals surface area contributed by atoms with E-state index >= 15 is 0 Å². The number of likely N-dealkylation sites (tertiary alicyclic amines) is 1. The smallest absolute Gasteiger partial charge is 0.240 e. The SMILES string of the molecule is Cc1cc(NC(=O)CN2CCCCCC2CO)on1. The Labute approximate surface area is 112 Å². The molecule has 1 aromatic rings. The maximum Gasteiger partial charge on any atom is 0.240 e. The first-order valence-electron chi connectivity index (χ1n) is 6.77. The molecule has 0 aromatic carbocycles. The number of rotatable bonds is 4. The molecule has 2 rings (SSSR count). The summed E-state index contributed by atoms with van der Waals surface area (Å²) in [4.78, 5) is 14.0. The molecule has 0 bridgehead atoms. The van der Waals surface area contributed by atoms with E-state index in [2.05, 4.69) is 10.5 Å². The molecule has 106 valence electrons. The molecule has 1 unspecified atom stereocenters. The highest BCUT2D eigenvalue weighted by molar-refractivity contribution is 5.90. The highest BCUT2D eigenvalue weighted by Gasteiger charge is 2.22. The van der Waals surface area contributed by atoms with Gasteiger partial charge < -0.3 is 9.63 Å². The quantitative estimate of drug-likeness (QED) is 0.856. The summed E-state index contributed by atoms with van der Waals surface area (Å²) < 4.78 is 4.95. The number of aryl methyl sites for hydroxylation is 1. The molecule has 19 heavy (non-hydrogen) atoms. The monoisotopic (exact) mass is 267 g/mol. The van der Waals surface area contributed by atoms with Gasteiger partial charge in [0.2, 0.25) is 11.8 Å². The molecule has 1 aromatic heterocycles. The summed E-state index contributed by atoms with van der Waals surface area (Å²) in [7, 11) is 0. The van der Waals surface area contributed by atoms with Gasteiger partial charge in [0, 0.05) is 12.1 Å². The van der Waals surface area contributed by atoms with Crippen LogP contribution in [0, 0.1) is 6.92 Å². The molecule has 1 aliphatic rings. The molecule has 0 saturated carbocycles. The van der Waals surface area contributed by atoms with Crippen molar-refractivity contribution in [2.24, 2.45) is 0 Å². The Morgan fingerprint density at radius 1 is 1.58 bits per heavy atom. The van der Waals surface area contributed by atoms with Gasteiger partial charge >= 0.3 is 0 Å². The van der Waals surface area contributed by atoms with E-state index in [0.29, 0.717) is 5.88 Å². The van der Waals surface area contributed by atoms with Gasteiger partial charge in [0.1, 0.15) is 0 Å². The van der Waals surface area contributed by atoms with Crippen LogP contribution in [0.2, 0.25) is 0 Å². The van der Waals surface area contributed by atoms with Crippen LogP contribution in [0.5, 0.6) is 0 Å². The second-order valence-electron chi connectivity index (χ2n) is 5.04. The lowest BCUT2D eigenvalue weighted by Gasteiger charge is -2.27. The molecule has 1 aliphatic heterocycles. The molecule has 0 spiro atoms. The van der Waals surface area contributed by atoms with Crippen molar-refractivity contribution in [3.8, 4) is 0 Å². The second kappa shape index (κ2) is 6.68. The Morgan fingerprint density at radius 2 is 2.42 bits per heavy atom. The van der Waals surface area contributed by atoms with Crippen LogP contribution >= 0.6 is 0 Å². The van der Waals surface area contributed by atoms with Crippen LogP contribution in [0.4, 0.5) is 5.88 Å². The number of hydrogen-bond acceptors (Lipinski definition) is 5. The van der Waals surface area contributed by atoms with Gasteiger partial charge in [-0.15, -0.1) is 0 Å². The number of carbonyl (C=O) groups is 1. The van der Waals surface area contributed by atoms with Crippen LogP contribution in [0.25, 0.3) is 0 Å². The molecule has 1 saturated heterocycles. The first-order valence-corrected chi connectivity index (χ1v) is 6.77. The lowest BCUT2D eigenvalue weighted by Crippen LogP contribution is -2.42. The van der Waals surface area contributed by atoms with E-state index in [-0.39, 0.29) is 25.1 Å². The van der Waals surface area contributed by atoms with Gasteiger partial charge in [-0.25, -0.2) is 0 Å². The molecule has 6 heteroatoms. The Morgan fingerprint density at radius 3 is 3.11 bits per heavy atom. The number of carbonyl (C=O) groups excluding carboxylic acids is 1. The van der Waals surface area contributed by atoms with Crippen LogP contribution in [0.15, 0.2) is 10.6 Å². The van der Waals surface area contributed by atoms with E-state index in [1.165, 1.54) is 0 Å². The Kier molecular flexibility index (Phi) is 4.93. The third-order valence-corrected chi connectivity index (χ3v) is 3.45.